The maximum absolute atomic E-state index is 11.2. The number of rotatable bonds is 5. The third-order valence-electron chi connectivity index (χ3n) is 1.96. The van der Waals surface area contributed by atoms with Gasteiger partial charge in [0.05, 0.1) is 6.16 Å². The lowest BCUT2D eigenvalue weighted by Gasteiger charge is -2.04. The van der Waals surface area contributed by atoms with Crippen molar-refractivity contribution in [2.75, 3.05) is 19.4 Å². The van der Waals surface area contributed by atoms with Gasteiger partial charge >= 0.3 is 5.97 Å². The zero-order valence-corrected chi connectivity index (χ0v) is 10.5. The van der Waals surface area contributed by atoms with Crippen LogP contribution < -0.4 is 0 Å². The summed E-state index contributed by atoms with van der Waals surface area (Å²) in [5.74, 6) is -0.512. The Morgan fingerprint density at radius 1 is 1.41 bits per heavy atom. The average molecular weight is 254 g/mol. The summed E-state index contributed by atoms with van der Waals surface area (Å²) in [6.45, 7) is 1.20. The SMILES string of the molecule is CP(=O)(O)CCOC(=O)/C=C/c1ccccc1. The van der Waals surface area contributed by atoms with Crippen LogP contribution in [0.4, 0.5) is 0 Å². The molecule has 0 spiro atoms. The van der Waals surface area contributed by atoms with Crippen molar-refractivity contribution in [1.82, 2.24) is 0 Å². The topological polar surface area (TPSA) is 63.6 Å². The van der Waals surface area contributed by atoms with Gasteiger partial charge in [0.15, 0.2) is 0 Å². The predicted molar refractivity (Wildman–Crippen MR) is 67.1 cm³/mol. The maximum atomic E-state index is 11.2. The highest BCUT2D eigenvalue weighted by Crippen LogP contribution is 2.34. The molecule has 1 aromatic carbocycles. The molecule has 5 heteroatoms. The van der Waals surface area contributed by atoms with Gasteiger partial charge in [-0.2, -0.15) is 0 Å². The molecule has 1 unspecified atom stereocenters. The van der Waals surface area contributed by atoms with Crippen LogP contribution in [0.1, 0.15) is 5.56 Å². The van der Waals surface area contributed by atoms with E-state index in [1.807, 2.05) is 30.3 Å². The quantitative estimate of drug-likeness (QED) is 0.496. The van der Waals surface area contributed by atoms with E-state index in [2.05, 4.69) is 0 Å². The van der Waals surface area contributed by atoms with Crippen LogP contribution in [0.15, 0.2) is 36.4 Å². The summed E-state index contributed by atoms with van der Waals surface area (Å²) >= 11 is 0. The molecular weight excluding hydrogens is 239 g/mol. The Kier molecular flexibility index (Phi) is 5.13. The summed E-state index contributed by atoms with van der Waals surface area (Å²) in [5, 5.41) is 0. The van der Waals surface area contributed by atoms with Gasteiger partial charge in [-0.1, -0.05) is 30.3 Å². The summed E-state index contributed by atoms with van der Waals surface area (Å²) in [4.78, 5) is 20.2. The Bertz CT molecular complexity index is 433. The zero-order valence-electron chi connectivity index (χ0n) is 9.57. The molecule has 1 N–H and O–H groups in total. The van der Waals surface area contributed by atoms with Gasteiger partial charge in [-0.3, -0.25) is 4.57 Å². The zero-order chi connectivity index (χ0) is 12.7. The first-order valence-corrected chi connectivity index (χ1v) is 7.46. The molecule has 0 heterocycles. The Balaban J connectivity index is 2.35. The van der Waals surface area contributed by atoms with Crippen LogP contribution in [0.3, 0.4) is 0 Å². The van der Waals surface area contributed by atoms with Crippen molar-refractivity contribution in [2.45, 2.75) is 0 Å². The third-order valence-corrected chi connectivity index (χ3v) is 2.97. The number of hydrogen-bond donors (Lipinski definition) is 1. The lowest BCUT2D eigenvalue weighted by atomic mass is 10.2. The van der Waals surface area contributed by atoms with Crippen molar-refractivity contribution >= 4 is 19.4 Å². The number of ether oxygens (including phenoxy) is 1. The number of benzene rings is 1. The van der Waals surface area contributed by atoms with E-state index in [1.165, 1.54) is 12.7 Å². The van der Waals surface area contributed by atoms with E-state index in [0.717, 1.165) is 5.56 Å². The van der Waals surface area contributed by atoms with Gasteiger partial charge in [0.1, 0.15) is 6.61 Å². The highest BCUT2D eigenvalue weighted by molar-refractivity contribution is 7.57. The van der Waals surface area contributed by atoms with Gasteiger partial charge in [0, 0.05) is 12.7 Å². The molecule has 4 nitrogen and oxygen atoms in total. The molecule has 0 aliphatic rings. The lowest BCUT2D eigenvalue weighted by Crippen LogP contribution is -2.05. The van der Waals surface area contributed by atoms with E-state index in [1.54, 1.807) is 6.08 Å². The summed E-state index contributed by atoms with van der Waals surface area (Å²) in [6, 6.07) is 9.33. The average Bonchev–Trinajstić information content (AvgIpc) is 2.26. The fourth-order valence-electron chi connectivity index (χ4n) is 1.09. The molecule has 0 saturated heterocycles. The first-order chi connectivity index (χ1) is 7.97. The molecule has 92 valence electrons. The summed E-state index contributed by atoms with van der Waals surface area (Å²) < 4.78 is 15.7. The van der Waals surface area contributed by atoms with E-state index in [0.29, 0.717) is 0 Å². The molecular formula is C12H15O4P. The Morgan fingerprint density at radius 3 is 2.65 bits per heavy atom. The number of carbonyl (C=O) groups is 1. The summed E-state index contributed by atoms with van der Waals surface area (Å²) in [7, 11) is -3.10. The van der Waals surface area contributed by atoms with E-state index in [9.17, 15) is 9.36 Å². The second kappa shape index (κ2) is 6.38. The third kappa shape index (κ3) is 6.72. The summed E-state index contributed by atoms with van der Waals surface area (Å²) in [5.41, 5.74) is 0.896. The Morgan fingerprint density at radius 2 is 2.06 bits per heavy atom. The van der Waals surface area contributed by atoms with E-state index >= 15 is 0 Å². The molecule has 17 heavy (non-hydrogen) atoms. The minimum atomic E-state index is -3.10. The van der Waals surface area contributed by atoms with Gasteiger partial charge < -0.3 is 9.63 Å². The Hall–Kier alpha value is -1.38. The monoisotopic (exact) mass is 254 g/mol. The number of esters is 1. The molecule has 0 aromatic heterocycles. The maximum Gasteiger partial charge on any atom is 0.330 e. The van der Waals surface area contributed by atoms with Gasteiger partial charge in [-0.25, -0.2) is 4.79 Å². The number of carbonyl (C=O) groups excluding carboxylic acids is 1. The largest absolute Gasteiger partial charge is 0.462 e. The molecule has 1 rings (SSSR count). The standard InChI is InChI=1S/C12H15O4P/c1-17(14,15)10-9-16-12(13)8-7-11-5-3-2-4-6-11/h2-8H,9-10H2,1H3,(H,14,15)/b8-7+. The van der Waals surface area contributed by atoms with Crippen LogP contribution in [0.5, 0.6) is 0 Å². The van der Waals surface area contributed by atoms with Gasteiger partial charge in [-0.15, -0.1) is 0 Å². The first kappa shape index (κ1) is 13.7. The van der Waals surface area contributed by atoms with Crippen LogP contribution in [-0.4, -0.2) is 30.3 Å². The minimum absolute atomic E-state index is 0.0160. The lowest BCUT2D eigenvalue weighted by molar-refractivity contribution is -0.137. The fourth-order valence-corrected chi connectivity index (χ4v) is 1.52. The van der Waals surface area contributed by atoms with Crippen LogP contribution in [0, 0.1) is 0 Å². The highest BCUT2D eigenvalue weighted by atomic mass is 31.2. The molecule has 0 aliphatic heterocycles. The highest BCUT2D eigenvalue weighted by Gasteiger charge is 2.09. The van der Waals surface area contributed by atoms with Crippen molar-refractivity contribution in [2.24, 2.45) is 0 Å². The van der Waals surface area contributed by atoms with Gasteiger partial charge in [-0.05, 0) is 11.6 Å². The molecule has 0 radical (unpaired) electrons. The molecule has 1 aromatic rings. The Labute approximate surface area is 100 Å². The van der Waals surface area contributed by atoms with Crippen molar-refractivity contribution in [3.63, 3.8) is 0 Å². The van der Waals surface area contributed by atoms with Crippen molar-refractivity contribution < 1.29 is 19.0 Å². The van der Waals surface area contributed by atoms with Gasteiger partial charge in [0.2, 0.25) is 7.37 Å². The molecule has 0 fully saturated rings. The van der Waals surface area contributed by atoms with E-state index in [4.69, 9.17) is 9.63 Å². The first-order valence-electron chi connectivity index (χ1n) is 5.16. The van der Waals surface area contributed by atoms with Gasteiger partial charge in [0.25, 0.3) is 0 Å². The molecule has 0 aliphatic carbocycles. The van der Waals surface area contributed by atoms with Crippen LogP contribution in [-0.2, 0) is 14.1 Å². The minimum Gasteiger partial charge on any atom is -0.462 e. The fraction of sp³-hybridized carbons (Fsp3) is 0.250. The summed E-state index contributed by atoms with van der Waals surface area (Å²) in [6.07, 6.45) is 2.91. The smallest absolute Gasteiger partial charge is 0.330 e. The second-order valence-corrected chi connectivity index (χ2v) is 6.24. The van der Waals surface area contributed by atoms with E-state index < -0.39 is 13.3 Å². The molecule has 1 atom stereocenters. The van der Waals surface area contributed by atoms with Crippen molar-refractivity contribution in [3.8, 4) is 0 Å². The predicted octanol–water partition coefficient (Wildman–Crippen LogP) is 2.14. The van der Waals surface area contributed by atoms with E-state index in [-0.39, 0.29) is 12.8 Å². The van der Waals surface area contributed by atoms with Crippen molar-refractivity contribution in [1.29, 1.82) is 0 Å². The molecule has 0 bridgehead atoms. The molecule has 0 amide bonds. The second-order valence-electron chi connectivity index (χ2n) is 3.69. The van der Waals surface area contributed by atoms with Crippen LogP contribution >= 0.6 is 7.37 Å². The normalized spacial score (nSPS) is 14.5. The van der Waals surface area contributed by atoms with Crippen molar-refractivity contribution in [3.05, 3.63) is 42.0 Å². The van der Waals surface area contributed by atoms with Crippen LogP contribution in [0.2, 0.25) is 0 Å². The number of hydrogen-bond acceptors (Lipinski definition) is 3. The molecule has 0 saturated carbocycles. The van der Waals surface area contributed by atoms with Crippen LogP contribution in [0.25, 0.3) is 6.08 Å².